The SMILES string of the molecule is CCOc1nc2cccc(C(=O)Oc3cccc(CO[N+](=O)[O-])c3)c2n1Cc1ccc(-c2ccccc2/C(N)=N/N(N)COC(=O)OCCCO[N+](=O)[O-])cc1. The van der Waals surface area contributed by atoms with Gasteiger partial charge in [0, 0.05) is 12.0 Å². The Labute approximate surface area is 317 Å². The number of ether oxygens (including phenoxy) is 4. The summed E-state index contributed by atoms with van der Waals surface area (Å²) in [5.41, 5.74) is 10.9. The molecule has 0 saturated heterocycles. The number of benzene rings is 4. The minimum atomic E-state index is -1.06. The molecule has 4 N–H and O–H groups in total. The molecular weight excluding hydrogens is 736 g/mol. The molecule has 1 aromatic heterocycles. The van der Waals surface area contributed by atoms with Crippen molar-refractivity contribution >= 4 is 29.0 Å². The number of hydrazine groups is 1. The Kier molecular flexibility index (Phi) is 13.5. The number of hydrogen-bond acceptors (Lipinski definition) is 16. The molecule has 5 aromatic rings. The molecule has 0 aliphatic rings. The molecule has 1 heterocycles. The number of fused-ring (bicyclic) bond motifs is 1. The molecule has 20 heteroatoms. The van der Waals surface area contributed by atoms with E-state index in [2.05, 4.69) is 19.8 Å². The van der Waals surface area contributed by atoms with Crippen LogP contribution in [-0.2, 0) is 32.3 Å². The van der Waals surface area contributed by atoms with Gasteiger partial charge in [-0.25, -0.2) is 15.4 Å². The molecule has 0 unspecified atom stereocenters. The highest BCUT2D eigenvalue weighted by Gasteiger charge is 2.21. The average Bonchev–Trinajstić information content (AvgIpc) is 3.53. The zero-order valence-electron chi connectivity index (χ0n) is 29.8. The first-order chi connectivity index (χ1) is 27.0. The first-order valence-corrected chi connectivity index (χ1v) is 16.8. The number of aromatic nitrogens is 2. The van der Waals surface area contributed by atoms with Crippen LogP contribution in [0.25, 0.3) is 22.2 Å². The first kappa shape index (κ1) is 39.7. The fraction of sp³-hybridized carbons (Fsp3) is 0.222. The van der Waals surface area contributed by atoms with Gasteiger partial charge in [0.25, 0.3) is 16.2 Å². The highest BCUT2D eigenvalue weighted by Crippen LogP contribution is 2.29. The van der Waals surface area contributed by atoms with Gasteiger partial charge in [-0.15, -0.1) is 25.3 Å². The Bertz CT molecular complexity index is 2210. The Morgan fingerprint density at radius 3 is 2.36 bits per heavy atom. The van der Waals surface area contributed by atoms with Crippen LogP contribution in [-0.4, -0.2) is 69.4 Å². The summed E-state index contributed by atoms with van der Waals surface area (Å²) in [6.45, 7) is 1.21. The van der Waals surface area contributed by atoms with Crippen molar-refractivity contribution < 1.29 is 48.4 Å². The monoisotopic (exact) mass is 772 g/mol. The van der Waals surface area contributed by atoms with Gasteiger partial charge in [0.05, 0.1) is 43.0 Å². The maximum Gasteiger partial charge on any atom is 0.510 e. The number of carbonyl (C=O) groups is 2. The Morgan fingerprint density at radius 1 is 0.875 bits per heavy atom. The summed E-state index contributed by atoms with van der Waals surface area (Å²) in [5.74, 6) is 5.42. The van der Waals surface area contributed by atoms with E-state index in [-0.39, 0.29) is 49.9 Å². The van der Waals surface area contributed by atoms with E-state index in [0.29, 0.717) is 34.8 Å². The smallest absolute Gasteiger partial charge is 0.465 e. The largest absolute Gasteiger partial charge is 0.510 e. The maximum atomic E-state index is 13.6. The van der Waals surface area contributed by atoms with Crippen LogP contribution >= 0.6 is 0 Å². The van der Waals surface area contributed by atoms with E-state index >= 15 is 0 Å². The van der Waals surface area contributed by atoms with Crippen molar-refractivity contribution in [1.82, 2.24) is 14.7 Å². The molecule has 56 heavy (non-hydrogen) atoms. The van der Waals surface area contributed by atoms with Crippen LogP contribution in [0, 0.1) is 20.2 Å². The van der Waals surface area contributed by atoms with Gasteiger partial charge < -0.3 is 34.4 Å². The molecule has 292 valence electrons. The number of rotatable bonds is 19. The molecule has 0 aliphatic carbocycles. The van der Waals surface area contributed by atoms with Gasteiger partial charge in [-0.2, -0.15) is 10.1 Å². The number of hydrogen-bond donors (Lipinski definition) is 2. The second-order valence-corrected chi connectivity index (χ2v) is 11.6. The van der Waals surface area contributed by atoms with Gasteiger partial charge in [0.15, 0.2) is 12.6 Å². The van der Waals surface area contributed by atoms with Crippen molar-refractivity contribution in [3.8, 4) is 22.9 Å². The minimum absolute atomic E-state index is 0.0309. The first-order valence-electron chi connectivity index (χ1n) is 16.8. The summed E-state index contributed by atoms with van der Waals surface area (Å²) >= 11 is 0. The van der Waals surface area contributed by atoms with Crippen molar-refractivity contribution in [3.63, 3.8) is 0 Å². The highest BCUT2D eigenvalue weighted by molar-refractivity contribution is 6.04. The lowest BCUT2D eigenvalue weighted by Gasteiger charge is -2.15. The number of imidazole rings is 1. The van der Waals surface area contributed by atoms with Crippen LogP contribution < -0.4 is 21.1 Å². The molecule has 0 atom stereocenters. The van der Waals surface area contributed by atoms with Crippen LogP contribution in [0.5, 0.6) is 11.8 Å². The number of carbonyl (C=O) groups excluding carboxylic acids is 2. The van der Waals surface area contributed by atoms with Crippen LogP contribution in [0.15, 0.2) is 96.1 Å². The van der Waals surface area contributed by atoms with Crippen LogP contribution in [0.3, 0.4) is 0 Å². The Morgan fingerprint density at radius 2 is 1.61 bits per heavy atom. The fourth-order valence-corrected chi connectivity index (χ4v) is 5.37. The van der Waals surface area contributed by atoms with Crippen molar-refractivity contribution in [2.75, 3.05) is 26.6 Å². The molecule has 0 aliphatic heterocycles. The topological polar surface area (TPSA) is 261 Å². The van der Waals surface area contributed by atoms with Gasteiger partial charge in [-0.3, -0.25) is 4.57 Å². The molecule has 0 bridgehead atoms. The van der Waals surface area contributed by atoms with Crippen LogP contribution in [0.4, 0.5) is 4.79 Å². The summed E-state index contributed by atoms with van der Waals surface area (Å²) in [6, 6.07) is 26.4. The second kappa shape index (κ2) is 19.0. The van der Waals surface area contributed by atoms with Crippen molar-refractivity contribution in [3.05, 3.63) is 133 Å². The standard InChI is InChI=1S/C36H36N8O12/c1-2-51-35-39-31-13-6-12-30(34(45)56-27-9-5-8-25(20-27)22-55-44(49)50)32(31)41(35)21-24-14-16-26(17-15-24)28-10-3-4-11-29(28)33(37)40-42(38)23-53-36(46)52-18-7-19-54-43(47)48/h3-6,8-17,20H,2,7,18-19,21-23,38H2,1H3,(H2,37,40). The quantitative estimate of drug-likeness (QED) is 0.0134. The minimum Gasteiger partial charge on any atom is -0.465 e. The van der Waals surface area contributed by atoms with E-state index in [4.69, 9.17) is 30.5 Å². The molecule has 0 saturated carbocycles. The molecule has 0 fully saturated rings. The van der Waals surface area contributed by atoms with E-state index in [1.54, 1.807) is 53.1 Å². The number of nitrogens with two attached hydrogens (primary N) is 2. The molecule has 0 radical (unpaired) electrons. The predicted molar refractivity (Wildman–Crippen MR) is 197 cm³/mol. The Balaban J connectivity index is 1.30. The van der Waals surface area contributed by atoms with Crippen molar-refractivity contribution in [2.24, 2.45) is 16.7 Å². The van der Waals surface area contributed by atoms with Gasteiger partial charge in [0.1, 0.15) is 12.4 Å². The lowest BCUT2D eigenvalue weighted by Crippen LogP contribution is -2.33. The highest BCUT2D eigenvalue weighted by atomic mass is 17.0. The van der Waals surface area contributed by atoms with Gasteiger partial charge in [-0.05, 0) is 53.4 Å². The molecule has 0 amide bonds. The van der Waals surface area contributed by atoms with Crippen LogP contribution in [0.1, 0.15) is 40.4 Å². The van der Waals surface area contributed by atoms with E-state index in [1.807, 2.05) is 43.3 Å². The molecule has 5 rings (SSSR count). The molecule has 4 aromatic carbocycles. The lowest BCUT2D eigenvalue weighted by molar-refractivity contribution is -0.763. The fourth-order valence-electron chi connectivity index (χ4n) is 5.37. The normalized spacial score (nSPS) is 11.1. The third kappa shape index (κ3) is 10.8. The third-order valence-corrected chi connectivity index (χ3v) is 7.74. The lowest BCUT2D eigenvalue weighted by atomic mass is 9.98. The third-order valence-electron chi connectivity index (χ3n) is 7.74. The van der Waals surface area contributed by atoms with Crippen molar-refractivity contribution in [2.45, 2.75) is 26.5 Å². The van der Waals surface area contributed by atoms with E-state index in [1.165, 1.54) is 6.07 Å². The molecule has 0 spiro atoms. The Hall–Kier alpha value is -7.48. The molecular formula is C36H36N8O12. The molecule has 20 nitrogen and oxygen atoms in total. The summed E-state index contributed by atoms with van der Waals surface area (Å²) in [5, 5.41) is 23.9. The number of para-hydroxylation sites is 1. The van der Waals surface area contributed by atoms with E-state index in [0.717, 1.165) is 21.8 Å². The summed E-state index contributed by atoms with van der Waals surface area (Å²) in [4.78, 5) is 59.3. The zero-order chi connectivity index (χ0) is 40.0. The summed E-state index contributed by atoms with van der Waals surface area (Å²) in [7, 11) is 0. The predicted octanol–water partition coefficient (Wildman–Crippen LogP) is 4.58. The van der Waals surface area contributed by atoms with E-state index < -0.39 is 29.0 Å². The second-order valence-electron chi connectivity index (χ2n) is 11.6. The van der Waals surface area contributed by atoms with Gasteiger partial charge in [-0.1, -0.05) is 66.7 Å². The maximum absolute atomic E-state index is 13.6. The van der Waals surface area contributed by atoms with Gasteiger partial charge in [0.2, 0.25) is 0 Å². The number of amidine groups is 1. The average molecular weight is 773 g/mol. The van der Waals surface area contributed by atoms with E-state index in [9.17, 15) is 29.8 Å². The van der Waals surface area contributed by atoms with Crippen molar-refractivity contribution in [1.29, 1.82) is 0 Å². The van der Waals surface area contributed by atoms with Crippen LogP contribution in [0.2, 0.25) is 0 Å². The number of esters is 1. The number of hydrazone groups is 1. The number of nitrogens with zero attached hydrogens (tertiary/aromatic N) is 6. The summed E-state index contributed by atoms with van der Waals surface area (Å²) < 4.78 is 23.0. The zero-order valence-corrected chi connectivity index (χ0v) is 29.8. The summed E-state index contributed by atoms with van der Waals surface area (Å²) in [6.07, 6.45) is -0.974. The van der Waals surface area contributed by atoms with Gasteiger partial charge >= 0.3 is 12.1 Å².